The highest BCUT2D eigenvalue weighted by Crippen LogP contribution is 2.36. The monoisotopic (exact) mass is 364 g/mol. The number of fused-ring (bicyclic) bond motifs is 3. The van der Waals surface area contributed by atoms with Crippen LogP contribution in [0.3, 0.4) is 0 Å². The summed E-state index contributed by atoms with van der Waals surface area (Å²) < 4.78 is 6.99. The molecule has 0 aliphatic carbocycles. The maximum absolute atomic E-state index is 13.0. The van der Waals surface area contributed by atoms with Crippen molar-refractivity contribution >= 4 is 34.5 Å². The van der Waals surface area contributed by atoms with E-state index >= 15 is 0 Å². The average molecular weight is 364 g/mol. The normalized spacial score (nSPS) is 16.0. The van der Waals surface area contributed by atoms with E-state index in [-0.39, 0.29) is 18.2 Å². The standard InChI is InChI=1S/C20H20N4O3/c1-27-12-11-23-19(26)17(13-18(25)21-14-7-3-2-4-8-14)24-16-10-6-5-9-15(16)22-20(23)24/h2-10,17H,11-13H2,1H3,(H,21,25)/t17-/m0/s1. The predicted octanol–water partition coefficient (Wildman–Crippen LogP) is 2.60. The summed E-state index contributed by atoms with van der Waals surface area (Å²) in [6.07, 6.45) is 0.0462. The molecule has 7 nitrogen and oxygen atoms in total. The molecule has 0 radical (unpaired) electrons. The van der Waals surface area contributed by atoms with Gasteiger partial charge in [-0.1, -0.05) is 30.3 Å². The van der Waals surface area contributed by atoms with E-state index in [0.29, 0.717) is 24.8 Å². The second kappa shape index (κ2) is 7.20. The Labute approximate surface area is 156 Å². The van der Waals surface area contributed by atoms with Crippen LogP contribution in [0, 0.1) is 0 Å². The number of hydrogen-bond donors (Lipinski definition) is 1. The molecule has 2 aromatic carbocycles. The average Bonchev–Trinajstić information content (AvgIpc) is 3.16. The molecule has 4 rings (SSSR count). The fourth-order valence-corrected chi connectivity index (χ4v) is 3.40. The second-order valence-electron chi connectivity index (χ2n) is 6.39. The fourth-order valence-electron chi connectivity index (χ4n) is 3.40. The highest BCUT2D eigenvalue weighted by molar-refractivity contribution is 6.05. The zero-order valence-corrected chi connectivity index (χ0v) is 15.0. The van der Waals surface area contributed by atoms with E-state index in [1.807, 2.05) is 59.2 Å². The van der Waals surface area contributed by atoms with Gasteiger partial charge in [0.15, 0.2) is 0 Å². The van der Waals surface area contributed by atoms with E-state index in [4.69, 9.17) is 4.74 Å². The Balaban J connectivity index is 1.64. The largest absolute Gasteiger partial charge is 0.383 e. The van der Waals surface area contributed by atoms with Crippen molar-refractivity contribution in [3.05, 3.63) is 54.6 Å². The number of amides is 2. The number of para-hydroxylation sites is 3. The maximum Gasteiger partial charge on any atom is 0.253 e. The SMILES string of the molecule is COCCN1C(=O)[C@H](CC(=O)Nc2ccccc2)n2c1nc1ccccc12. The van der Waals surface area contributed by atoms with E-state index in [2.05, 4.69) is 10.3 Å². The molecule has 27 heavy (non-hydrogen) atoms. The Kier molecular flexibility index (Phi) is 4.60. The lowest BCUT2D eigenvalue weighted by Crippen LogP contribution is -2.33. The van der Waals surface area contributed by atoms with Crippen LogP contribution in [0.5, 0.6) is 0 Å². The number of hydrogen-bond acceptors (Lipinski definition) is 4. The molecule has 0 spiro atoms. The first-order valence-electron chi connectivity index (χ1n) is 8.81. The number of nitrogens with zero attached hydrogens (tertiary/aromatic N) is 3. The number of aromatic nitrogens is 2. The Morgan fingerprint density at radius 3 is 2.67 bits per heavy atom. The lowest BCUT2D eigenvalue weighted by atomic mass is 10.1. The molecule has 2 amide bonds. The van der Waals surface area contributed by atoms with Crippen LogP contribution in [0.1, 0.15) is 12.5 Å². The number of nitrogens with one attached hydrogen (secondary N) is 1. The summed E-state index contributed by atoms with van der Waals surface area (Å²) in [5, 5.41) is 2.85. The third-order valence-electron chi connectivity index (χ3n) is 4.64. The lowest BCUT2D eigenvalue weighted by Gasteiger charge is -2.15. The van der Waals surface area contributed by atoms with Gasteiger partial charge in [0, 0.05) is 12.8 Å². The highest BCUT2D eigenvalue weighted by Gasteiger charge is 2.40. The number of benzene rings is 2. The van der Waals surface area contributed by atoms with Crippen LogP contribution in [0.15, 0.2) is 54.6 Å². The van der Waals surface area contributed by atoms with E-state index in [1.54, 1.807) is 12.0 Å². The van der Waals surface area contributed by atoms with Crippen molar-refractivity contribution in [3.63, 3.8) is 0 Å². The second-order valence-corrected chi connectivity index (χ2v) is 6.39. The highest BCUT2D eigenvalue weighted by atomic mass is 16.5. The van der Waals surface area contributed by atoms with Gasteiger partial charge in [-0.3, -0.25) is 19.1 Å². The molecule has 0 fully saturated rings. The predicted molar refractivity (Wildman–Crippen MR) is 103 cm³/mol. The van der Waals surface area contributed by atoms with Crippen molar-refractivity contribution in [2.24, 2.45) is 0 Å². The fraction of sp³-hybridized carbons (Fsp3) is 0.250. The van der Waals surface area contributed by atoms with E-state index in [1.165, 1.54) is 0 Å². The first-order chi connectivity index (χ1) is 13.2. The van der Waals surface area contributed by atoms with E-state index < -0.39 is 6.04 Å². The zero-order valence-electron chi connectivity index (χ0n) is 15.0. The van der Waals surface area contributed by atoms with Gasteiger partial charge < -0.3 is 10.1 Å². The lowest BCUT2D eigenvalue weighted by molar-refractivity contribution is -0.124. The number of methoxy groups -OCH3 is 1. The summed E-state index contributed by atoms with van der Waals surface area (Å²) in [5.41, 5.74) is 2.36. The molecule has 0 unspecified atom stereocenters. The summed E-state index contributed by atoms with van der Waals surface area (Å²) in [7, 11) is 1.59. The van der Waals surface area contributed by atoms with Gasteiger partial charge in [-0.2, -0.15) is 0 Å². The van der Waals surface area contributed by atoms with Gasteiger partial charge in [-0.25, -0.2) is 4.98 Å². The number of rotatable bonds is 6. The van der Waals surface area contributed by atoms with Crippen molar-refractivity contribution in [1.82, 2.24) is 9.55 Å². The molecule has 0 bridgehead atoms. The molecule has 2 heterocycles. The summed E-state index contributed by atoms with van der Waals surface area (Å²) in [4.78, 5) is 31.8. The van der Waals surface area contributed by atoms with Crippen LogP contribution in [-0.2, 0) is 14.3 Å². The summed E-state index contributed by atoms with van der Waals surface area (Å²) in [5.74, 6) is 0.219. The first kappa shape index (κ1) is 17.2. The Morgan fingerprint density at radius 1 is 1.15 bits per heavy atom. The van der Waals surface area contributed by atoms with Gasteiger partial charge in [-0.05, 0) is 24.3 Å². The molecular weight excluding hydrogens is 344 g/mol. The van der Waals surface area contributed by atoms with Crippen LogP contribution in [0.25, 0.3) is 11.0 Å². The van der Waals surface area contributed by atoms with Crippen molar-refractivity contribution in [2.45, 2.75) is 12.5 Å². The van der Waals surface area contributed by atoms with Crippen LogP contribution in [0.4, 0.5) is 11.6 Å². The molecule has 1 aliphatic heterocycles. The molecule has 1 aliphatic rings. The quantitative estimate of drug-likeness (QED) is 0.729. The molecule has 7 heteroatoms. The molecule has 3 aromatic rings. The zero-order chi connectivity index (χ0) is 18.8. The molecule has 1 N–H and O–H groups in total. The molecular formula is C20H20N4O3. The molecule has 0 saturated heterocycles. The first-order valence-corrected chi connectivity index (χ1v) is 8.81. The van der Waals surface area contributed by atoms with Crippen molar-refractivity contribution < 1.29 is 14.3 Å². The molecule has 0 saturated carbocycles. The van der Waals surface area contributed by atoms with Crippen molar-refractivity contribution in [1.29, 1.82) is 0 Å². The molecule has 1 atom stereocenters. The van der Waals surface area contributed by atoms with E-state index in [0.717, 1.165) is 11.0 Å². The van der Waals surface area contributed by atoms with Gasteiger partial charge in [0.25, 0.3) is 5.91 Å². The summed E-state index contributed by atoms with van der Waals surface area (Å²) in [6, 6.07) is 16.2. The molecule has 1 aromatic heterocycles. The Bertz CT molecular complexity index is 983. The third-order valence-corrected chi connectivity index (χ3v) is 4.64. The van der Waals surface area contributed by atoms with Crippen molar-refractivity contribution in [3.8, 4) is 0 Å². The van der Waals surface area contributed by atoms with Crippen LogP contribution < -0.4 is 10.2 Å². The van der Waals surface area contributed by atoms with Crippen LogP contribution in [0.2, 0.25) is 0 Å². The van der Waals surface area contributed by atoms with Crippen molar-refractivity contribution in [2.75, 3.05) is 30.5 Å². The summed E-state index contributed by atoms with van der Waals surface area (Å²) in [6.45, 7) is 0.799. The van der Waals surface area contributed by atoms with E-state index in [9.17, 15) is 9.59 Å². The van der Waals surface area contributed by atoms with Gasteiger partial charge >= 0.3 is 0 Å². The van der Waals surface area contributed by atoms with Gasteiger partial charge in [0.1, 0.15) is 6.04 Å². The number of carbonyl (C=O) groups excluding carboxylic acids is 2. The topological polar surface area (TPSA) is 76.5 Å². The summed E-state index contributed by atoms with van der Waals surface area (Å²) >= 11 is 0. The number of anilines is 2. The van der Waals surface area contributed by atoms with Crippen LogP contribution >= 0.6 is 0 Å². The number of carbonyl (C=O) groups is 2. The minimum Gasteiger partial charge on any atom is -0.383 e. The van der Waals surface area contributed by atoms with Crippen LogP contribution in [-0.4, -0.2) is 41.6 Å². The molecule has 138 valence electrons. The Hall–Kier alpha value is -3.19. The minimum absolute atomic E-state index is 0.0462. The van der Waals surface area contributed by atoms with Gasteiger partial charge in [-0.15, -0.1) is 0 Å². The van der Waals surface area contributed by atoms with Gasteiger partial charge in [0.05, 0.1) is 30.6 Å². The third kappa shape index (κ3) is 3.17. The Morgan fingerprint density at radius 2 is 1.89 bits per heavy atom. The smallest absolute Gasteiger partial charge is 0.253 e. The minimum atomic E-state index is -0.618. The number of imidazole rings is 1. The van der Waals surface area contributed by atoms with Gasteiger partial charge in [0.2, 0.25) is 11.9 Å². The maximum atomic E-state index is 13.0. The number of ether oxygens (including phenoxy) is 1.